The summed E-state index contributed by atoms with van der Waals surface area (Å²) in [4.78, 5) is 0. The molecule has 0 heterocycles. The van der Waals surface area contributed by atoms with Crippen molar-refractivity contribution in [3.05, 3.63) is 47.5 Å². The van der Waals surface area contributed by atoms with Crippen LogP contribution in [0.3, 0.4) is 0 Å². The first kappa shape index (κ1) is 19.7. The molecule has 0 bridgehead atoms. The average molecular weight is 356 g/mol. The smallest absolute Gasteiger partial charge is 0.161 e. The normalized spacial score (nSPS) is 10.8. The Bertz CT molecular complexity index is 698. The number of hydrogen-bond acceptors (Lipinski definition) is 4. The average Bonchev–Trinajstić information content (AvgIpc) is 2.63. The molecule has 4 nitrogen and oxygen atoms in total. The van der Waals surface area contributed by atoms with Gasteiger partial charge in [0, 0.05) is 6.07 Å². The zero-order valence-corrected chi connectivity index (χ0v) is 16.1. The maximum atomic E-state index is 5.69. The highest BCUT2D eigenvalue weighted by Crippen LogP contribution is 2.30. The molecule has 0 amide bonds. The molecule has 0 aromatic heterocycles. The second-order valence-electron chi connectivity index (χ2n) is 5.51. The molecule has 0 aliphatic rings. The predicted octanol–water partition coefficient (Wildman–Crippen LogP) is 5.45. The zero-order chi connectivity index (χ0) is 18.8. The van der Waals surface area contributed by atoms with Crippen molar-refractivity contribution >= 4 is 12.2 Å². The van der Waals surface area contributed by atoms with Crippen LogP contribution in [0.15, 0.2) is 36.4 Å². The molecular weight excluding hydrogens is 328 g/mol. The molecule has 0 atom stereocenters. The van der Waals surface area contributed by atoms with Gasteiger partial charge < -0.3 is 18.9 Å². The molecule has 0 aliphatic carbocycles. The van der Waals surface area contributed by atoms with E-state index >= 15 is 0 Å². The van der Waals surface area contributed by atoms with Crippen molar-refractivity contribution in [3.63, 3.8) is 0 Å². The third-order valence-corrected chi connectivity index (χ3v) is 3.56. The van der Waals surface area contributed by atoms with E-state index in [9.17, 15) is 0 Å². The third-order valence-electron chi connectivity index (χ3n) is 3.56. The van der Waals surface area contributed by atoms with Gasteiger partial charge in [-0.05, 0) is 63.1 Å². The second kappa shape index (κ2) is 10.4. The van der Waals surface area contributed by atoms with Gasteiger partial charge in [-0.3, -0.25) is 0 Å². The van der Waals surface area contributed by atoms with E-state index in [4.69, 9.17) is 18.9 Å². The monoisotopic (exact) mass is 356 g/mol. The van der Waals surface area contributed by atoms with Crippen LogP contribution in [-0.4, -0.2) is 26.4 Å². The molecule has 0 N–H and O–H groups in total. The lowest BCUT2D eigenvalue weighted by Gasteiger charge is -2.11. The SMILES string of the molecule is CCOc1cc(/C=C/c2ccc(OCC)c(OCC)c2)cc(OCC)c1. The van der Waals surface area contributed by atoms with E-state index in [0.29, 0.717) is 26.4 Å². The summed E-state index contributed by atoms with van der Waals surface area (Å²) in [6, 6.07) is 11.9. The molecular formula is C22H28O4. The van der Waals surface area contributed by atoms with Crippen molar-refractivity contribution in [3.8, 4) is 23.0 Å². The van der Waals surface area contributed by atoms with Gasteiger partial charge in [-0.1, -0.05) is 18.2 Å². The summed E-state index contributed by atoms with van der Waals surface area (Å²) < 4.78 is 22.6. The zero-order valence-electron chi connectivity index (χ0n) is 16.1. The molecule has 4 heteroatoms. The van der Waals surface area contributed by atoms with Crippen molar-refractivity contribution < 1.29 is 18.9 Å². The van der Waals surface area contributed by atoms with Gasteiger partial charge in [0.15, 0.2) is 11.5 Å². The molecule has 2 aromatic carbocycles. The Balaban J connectivity index is 2.26. The molecule has 140 valence electrons. The molecule has 2 aromatic rings. The largest absolute Gasteiger partial charge is 0.494 e. The third kappa shape index (κ3) is 5.73. The van der Waals surface area contributed by atoms with Crippen LogP contribution in [0.2, 0.25) is 0 Å². The first-order valence-electron chi connectivity index (χ1n) is 9.18. The van der Waals surface area contributed by atoms with Crippen LogP contribution in [0.4, 0.5) is 0 Å². The molecule has 0 fully saturated rings. The van der Waals surface area contributed by atoms with Crippen LogP contribution in [0.25, 0.3) is 12.2 Å². The lowest BCUT2D eigenvalue weighted by Crippen LogP contribution is -1.98. The summed E-state index contributed by atoms with van der Waals surface area (Å²) in [7, 11) is 0. The Hall–Kier alpha value is -2.62. The number of ether oxygens (including phenoxy) is 4. The van der Waals surface area contributed by atoms with Crippen LogP contribution in [0.5, 0.6) is 23.0 Å². The van der Waals surface area contributed by atoms with Gasteiger partial charge in [0.1, 0.15) is 11.5 Å². The van der Waals surface area contributed by atoms with Crippen molar-refractivity contribution in [1.82, 2.24) is 0 Å². The molecule has 0 unspecified atom stereocenters. The quantitative estimate of drug-likeness (QED) is 0.530. The van der Waals surface area contributed by atoms with Crippen LogP contribution in [-0.2, 0) is 0 Å². The Morgan fingerprint density at radius 1 is 0.577 bits per heavy atom. The Labute approximate surface area is 156 Å². The van der Waals surface area contributed by atoms with Gasteiger partial charge in [-0.2, -0.15) is 0 Å². The summed E-state index contributed by atoms with van der Waals surface area (Å²) in [6.45, 7) is 10.3. The summed E-state index contributed by atoms with van der Waals surface area (Å²) in [5, 5.41) is 0. The minimum absolute atomic E-state index is 0.599. The fourth-order valence-corrected chi connectivity index (χ4v) is 2.55. The summed E-state index contributed by atoms with van der Waals surface area (Å²) in [5.74, 6) is 3.14. The fraction of sp³-hybridized carbons (Fsp3) is 0.364. The summed E-state index contributed by atoms with van der Waals surface area (Å²) >= 11 is 0. The lowest BCUT2D eigenvalue weighted by atomic mass is 10.1. The second-order valence-corrected chi connectivity index (χ2v) is 5.51. The topological polar surface area (TPSA) is 36.9 Å². The fourth-order valence-electron chi connectivity index (χ4n) is 2.55. The molecule has 26 heavy (non-hydrogen) atoms. The van der Waals surface area contributed by atoms with Gasteiger partial charge in [-0.25, -0.2) is 0 Å². The van der Waals surface area contributed by atoms with Gasteiger partial charge in [-0.15, -0.1) is 0 Å². The molecule has 0 aliphatic heterocycles. The lowest BCUT2D eigenvalue weighted by molar-refractivity contribution is 0.287. The molecule has 0 radical (unpaired) electrons. The van der Waals surface area contributed by atoms with E-state index in [2.05, 4.69) is 0 Å². The van der Waals surface area contributed by atoms with Crippen molar-refractivity contribution in [2.45, 2.75) is 27.7 Å². The molecule has 0 saturated carbocycles. The first-order valence-corrected chi connectivity index (χ1v) is 9.18. The maximum Gasteiger partial charge on any atom is 0.161 e. The highest BCUT2D eigenvalue weighted by molar-refractivity contribution is 5.72. The van der Waals surface area contributed by atoms with Crippen LogP contribution >= 0.6 is 0 Å². The van der Waals surface area contributed by atoms with E-state index in [1.54, 1.807) is 0 Å². The number of benzene rings is 2. The van der Waals surface area contributed by atoms with Crippen LogP contribution < -0.4 is 18.9 Å². The van der Waals surface area contributed by atoms with Crippen molar-refractivity contribution in [2.75, 3.05) is 26.4 Å². The van der Waals surface area contributed by atoms with E-state index in [-0.39, 0.29) is 0 Å². The predicted molar refractivity (Wildman–Crippen MR) is 106 cm³/mol. The molecule has 0 saturated heterocycles. The van der Waals surface area contributed by atoms with E-state index in [0.717, 1.165) is 34.1 Å². The Morgan fingerprint density at radius 2 is 1.12 bits per heavy atom. The van der Waals surface area contributed by atoms with Gasteiger partial charge in [0.25, 0.3) is 0 Å². The van der Waals surface area contributed by atoms with E-state index in [1.807, 2.05) is 76.2 Å². The minimum atomic E-state index is 0.599. The summed E-state index contributed by atoms with van der Waals surface area (Å²) in [5.41, 5.74) is 2.06. The van der Waals surface area contributed by atoms with Crippen molar-refractivity contribution in [1.29, 1.82) is 0 Å². The molecule has 2 rings (SSSR count). The highest BCUT2D eigenvalue weighted by atomic mass is 16.5. The Morgan fingerprint density at radius 3 is 1.69 bits per heavy atom. The van der Waals surface area contributed by atoms with Crippen LogP contribution in [0, 0.1) is 0 Å². The van der Waals surface area contributed by atoms with Crippen molar-refractivity contribution in [2.24, 2.45) is 0 Å². The van der Waals surface area contributed by atoms with E-state index < -0.39 is 0 Å². The van der Waals surface area contributed by atoms with Crippen LogP contribution in [0.1, 0.15) is 38.8 Å². The molecule has 0 spiro atoms. The maximum absolute atomic E-state index is 5.69. The standard InChI is InChI=1S/C22H28O4/c1-5-23-19-13-18(14-20(16-19)24-6-2)10-9-17-11-12-21(25-7-3)22(15-17)26-8-4/h9-16H,5-8H2,1-4H3/b10-9+. The van der Waals surface area contributed by atoms with Gasteiger partial charge in [0.2, 0.25) is 0 Å². The Kier molecular flexibility index (Phi) is 7.87. The minimum Gasteiger partial charge on any atom is -0.494 e. The first-order chi connectivity index (χ1) is 12.7. The highest BCUT2D eigenvalue weighted by Gasteiger charge is 2.05. The van der Waals surface area contributed by atoms with E-state index in [1.165, 1.54) is 0 Å². The number of hydrogen-bond donors (Lipinski definition) is 0. The van der Waals surface area contributed by atoms with Gasteiger partial charge in [0.05, 0.1) is 26.4 Å². The summed E-state index contributed by atoms with van der Waals surface area (Å²) in [6.07, 6.45) is 4.08. The van der Waals surface area contributed by atoms with Gasteiger partial charge >= 0.3 is 0 Å². The number of rotatable bonds is 10.